The lowest BCUT2D eigenvalue weighted by molar-refractivity contribution is 0.0529. The zero-order valence-corrected chi connectivity index (χ0v) is 13.0. The summed E-state index contributed by atoms with van der Waals surface area (Å²) in [5.74, 6) is 5.91. The minimum atomic E-state index is -0.379. The molecule has 1 heterocycles. The Hall–Kier alpha value is -2.05. The number of esters is 1. The van der Waals surface area contributed by atoms with Gasteiger partial charge >= 0.3 is 5.97 Å². The highest BCUT2D eigenvalue weighted by molar-refractivity contribution is 7.15. The van der Waals surface area contributed by atoms with Gasteiger partial charge in [-0.25, -0.2) is 10.6 Å². The molecular formula is C15H18N2O3S. The van der Waals surface area contributed by atoms with E-state index in [1.165, 1.54) is 11.3 Å². The van der Waals surface area contributed by atoms with Crippen molar-refractivity contribution >= 4 is 22.3 Å². The number of nitrogens with two attached hydrogens (primary N) is 1. The van der Waals surface area contributed by atoms with Gasteiger partial charge in [0.15, 0.2) is 0 Å². The topological polar surface area (TPSA) is 73.6 Å². The van der Waals surface area contributed by atoms with Crippen molar-refractivity contribution in [1.29, 1.82) is 0 Å². The smallest absolute Gasteiger partial charge is 0.341 e. The Morgan fingerprint density at radius 2 is 2.19 bits per heavy atom. The summed E-state index contributed by atoms with van der Waals surface area (Å²) in [6, 6.07) is 5.77. The monoisotopic (exact) mass is 306 g/mol. The van der Waals surface area contributed by atoms with Crippen molar-refractivity contribution < 1.29 is 14.3 Å². The van der Waals surface area contributed by atoms with E-state index < -0.39 is 0 Å². The van der Waals surface area contributed by atoms with Crippen molar-refractivity contribution in [3.05, 3.63) is 34.7 Å². The molecule has 0 bridgehead atoms. The fraction of sp³-hybridized carbons (Fsp3) is 0.267. The van der Waals surface area contributed by atoms with Crippen LogP contribution in [0.25, 0.3) is 11.1 Å². The van der Waals surface area contributed by atoms with E-state index in [1.807, 2.05) is 30.5 Å². The highest BCUT2D eigenvalue weighted by atomic mass is 32.1. The number of hydrogen-bond donors (Lipinski definition) is 2. The van der Waals surface area contributed by atoms with E-state index >= 15 is 0 Å². The fourth-order valence-corrected chi connectivity index (χ4v) is 3.00. The molecule has 0 spiro atoms. The number of rotatable bonds is 5. The highest BCUT2D eigenvalue weighted by Gasteiger charge is 2.21. The van der Waals surface area contributed by atoms with Crippen LogP contribution in [0.2, 0.25) is 0 Å². The number of nitrogen functional groups attached to an aromatic ring is 1. The molecule has 0 aliphatic rings. The molecule has 21 heavy (non-hydrogen) atoms. The second-order valence-electron chi connectivity index (χ2n) is 4.40. The largest absolute Gasteiger partial charge is 0.496 e. The number of thiophene rings is 1. The Labute approximate surface area is 127 Å². The van der Waals surface area contributed by atoms with Gasteiger partial charge in [-0.2, -0.15) is 0 Å². The van der Waals surface area contributed by atoms with Gasteiger partial charge in [0.05, 0.1) is 13.7 Å². The predicted molar refractivity (Wildman–Crippen MR) is 84.8 cm³/mol. The van der Waals surface area contributed by atoms with Gasteiger partial charge in [0.1, 0.15) is 16.3 Å². The first-order valence-electron chi connectivity index (χ1n) is 6.52. The Bertz CT molecular complexity index is 652. The lowest BCUT2D eigenvalue weighted by atomic mass is 10.0. The zero-order chi connectivity index (χ0) is 15.4. The van der Waals surface area contributed by atoms with Crippen molar-refractivity contribution in [3.63, 3.8) is 0 Å². The van der Waals surface area contributed by atoms with Gasteiger partial charge in [0, 0.05) is 10.9 Å². The summed E-state index contributed by atoms with van der Waals surface area (Å²) in [7, 11) is 1.63. The second kappa shape index (κ2) is 6.60. The number of anilines is 1. The average Bonchev–Trinajstić information content (AvgIpc) is 2.91. The Morgan fingerprint density at radius 1 is 1.43 bits per heavy atom. The molecule has 0 aliphatic heterocycles. The molecule has 0 atom stereocenters. The van der Waals surface area contributed by atoms with Crippen molar-refractivity contribution in [2.45, 2.75) is 13.8 Å². The number of ether oxygens (including phenoxy) is 2. The summed E-state index contributed by atoms with van der Waals surface area (Å²) in [5, 5.41) is 2.49. The first-order chi connectivity index (χ1) is 10.1. The van der Waals surface area contributed by atoms with E-state index in [1.54, 1.807) is 14.0 Å². The summed E-state index contributed by atoms with van der Waals surface area (Å²) in [6.45, 7) is 4.05. The van der Waals surface area contributed by atoms with E-state index in [0.29, 0.717) is 17.2 Å². The van der Waals surface area contributed by atoms with E-state index in [0.717, 1.165) is 22.4 Å². The van der Waals surface area contributed by atoms with E-state index in [2.05, 4.69) is 5.43 Å². The minimum Gasteiger partial charge on any atom is -0.496 e. The number of carbonyl (C=O) groups excluding carboxylic acids is 1. The van der Waals surface area contributed by atoms with Crippen molar-refractivity contribution in [2.75, 3.05) is 19.1 Å². The molecule has 1 aromatic heterocycles. The third kappa shape index (κ3) is 3.01. The third-order valence-corrected chi connectivity index (χ3v) is 4.02. The SMILES string of the molecule is CCOC(=O)c1c(-c2ccc(OC)c(C)c2)csc1NN. The van der Waals surface area contributed by atoms with Crippen LogP contribution in [0, 0.1) is 6.92 Å². The van der Waals surface area contributed by atoms with Crippen LogP contribution in [0.1, 0.15) is 22.8 Å². The van der Waals surface area contributed by atoms with Crippen molar-refractivity contribution in [1.82, 2.24) is 0 Å². The Morgan fingerprint density at radius 3 is 2.76 bits per heavy atom. The normalized spacial score (nSPS) is 10.3. The van der Waals surface area contributed by atoms with Gasteiger partial charge in [-0.15, -0.1) is 11.3 Å². The van der Waals surface area contributed by atoms with Gasteiger partial charge in [0.2, 0.25) is 0 Å². The molecule has 0 fully saturated rings. The van der Waals surface area contributed by atoms with Gasteiger partial charge < -0.3 is 14.9 Å². The first kappa shape index (κ1) is 15.3. The minimum absolute atomic E-state index is 0.319. The molecule has 0 radical (unpaired) electrons. The molecule has 2 rings (SSSR count). The number of hydrazine groups is 1. The summed E-state index contributed by atoms with van der Waals surface area (Å²) in [5.41, 5.74) is 5.75. The molecule has 5 nitrogen and oxygen atoms in total. The van der Waals surface area contributed by atoms with Crippen molar-refractivity contribution in [3.8, 4) is 16.9 Å². The Kier molecular flexibility index (Phi) is 4.82. The standard InChI is InChI=1S/C15H18N2O3S/c1-4-20-15(18)13-11(8-21-14(13)17-16)10-5-6-12(19-3)9(2)7-10/h5-8,17H,4,16H2,1-3H3. The maximum absolute atomic E-state index is 12.2. The summed E-state index contributed by atoms with van der Waals surface area (Å²) >= 11 is 1.37. The predicted octanol–water partition coefficient (Wildman–Crippen LogP) is 3.19. The van der Waals surface area contributed by atoms with Crippen LogP contribution in [0.15, 0.2) is 23.6 Å². The molecule has 0 unspecified atom stereocenters. The molecule has 0 amide bonds. The highest BCUT2D eigenvalue weighted by Crippen LogP contribution is 2.37. The van der Waals surface area contributed by atoms with Gasteiger partial charge in [-0.1, -0.05) is 6.07 Å². The molecule has 2 aromatic rings. The van der Waals surface area contributed by atoms with Crippen LogP contribution in [0.3, 0.4) is 0 Å². The fourth-order valence-electron chi connectivity index (χ4n) is 2.13. The van der Waals surface area contributed by atoms with Crippen LogP contribution in [-0.2, 0) is 4.74 Å². The number of carbonyl (C=O) groups is 1. The zero-order valence-electron chi connectivity index (χ0n) is 12.2. The molecule has 0 saturated heterocycles. The van der Waals surface area contributed by atoms with Crippen LogP contribution in [0.5, 0.6) is 5.75 Å². The van der Waals surface area contributed by atoms with Gasteiger partial charge in [-0.05, 0) is 37.1 Å². The maximum Gasteiger partial charge on any atom is 0.341 e. The van der Waals surface area contributed by atoms with Gasteiger partial charge in [-0.3, -0.25) is 0 Å². The average molecular weight is 306 g/mol. The number of methoxy groups -OCH3 is 1. The quantitative estimate of drug-likeness (QED) is 0.504. The number of hydrogen-bond acceptors (Lipinski definition) is 6. The summed E-state index contributed by atoms with van der Waals surface area (Å²) in [6.07, 6.45) is 0. The first-order valence-corrected chi connectivity index (χ1v) is 7.40. The molecule has 0 aliphatic carbocycles. The second-order valence-corrected chi connectivity index (χ2v) is 5.28. The lowest BCUT2D eigenvalue weighted by Gasteiger charge is -2.09. The molecule has 112 valence electrons. The van der Waals surface area contributed by atoms with Crippen LogP contribution in [0.4, 0.5) is 5.00 Å². The maximum atomic E-state index is 12.2. The Balaban J connectivity index is 2.51. The van der Waals surface area contributed by atoms with Crippen LogP contribution in [-0.4, -0.2) is 19.7 Å². The molecule has 0 saturated carbocycles. The molecule has 6 heteroatoms. The van der Waals surface area contributed by atoms with Gasteiger partial charge in [0.25, 0.3) is 0 Å². The number of benzene rings is 1. The number of nitrogens with one attached hydrogen (secondary N) is 1. The van der Waals surface area contributed by atoms with Crippen LogP contribution < -0.4 is 16.0 Å². The number of aryl methyl sites for hydroxylation is 1. The molecular weight excluding hydrogens is 288 g/mol. The van der Waals surface area contributed by atoms with E-state index in [-0.39, 0.29) is 5.97 Å². The van der Waals surface area contributed by atoms with E-state index in [4.69, 9.17) is 15.3 Å². The van der Waals surface area contributed by atoms with Crippen LogP contribution >= 0.6 is 11.3 Å². The molecule has 3 N–H and O–H groups in total. The van der Waals surface area contributed by atoms with Crippen molar-refractivity contribution in [2.24, 2.45) is 5.84 Å². The summed E-state index contributed by atoms with van der Waals surface area (Å²) < 4.78 is 10.4. The third-order valence-electron chi connectivity index (χ3n) is 3.11. The molecule has 1 aromatic carbocycles. The van der Waals surface area contributed by atoms with E-state index in [9.17, 15) is 4.79 Å². The lowest BCUT2D eigenvalue weighted by Crippen LogP contribution is -2.12. The summed E-state index contributed by atoms with van der Waals surface area (Å²) in [4.78, 5) is 12.2.